The number of hydrogen-bond donors (Lipinski definition) is 1. The monoisotopic (exact) mass is 261 g/mol. The van der Waals surface area contributed by atoms with Crippen LogP contribution in [0.3, 0.4) is 0 Å². The molecule has 0 saturated heterocycles. The maximum atomic E-state index is 6.21. The van der Waals surface area contributed by atoms with Gasteiger partial charge in [0.25, 0.3) is 0 Å². The lowest BCUT2D eigenvalue weighted by Gasteiger charge is -2.15. The molecule has 18 heavy (non-hydrogen) atoms. The molecule has 1 heterocycles. The molecule has 0 amide bonds. The third kappa shape index (κ3) is 3.09. The zero-order valence-electron chi connectivity index (χ0n) is 11.1. The van der Waals surface area contributed by atoms with E-state index in [4.69, 9.17) is 5.73 Å². The number of benzene rings is 1. The molecule has 0 bridgehead atoms. The lowest BCUT2D eigenvalue weighted by molar-refractivity contribution is 0.709. The molecular weight excluding hydrogens is 242 g/mol. The Balaban J connectivity index is 2.06. The summed E-state index contributed by atoms with van der Waals surface area (Å²) >= 11 is 1.67. The molecule has 0 aliphatic rings. The summed E-state index contributed by atoms with van der Waals surface area (Å²) in [6.07, 6.45) is 0.797. The van der Waals surface area contributed by atoms with Gasteiger partial charge in [-0.3, -0.25) is 0 Å². The van der Waals surface area contributed by atoms with Crippen LogP contribution >= 0.6 is 11.3 Å². The normalized spacial score (nSPS) is 12.4. The molecule has 1 unspecified atom stereocenters. The molecule has 96 valence electrons. The average Bonchev–Trinajstić information content (AvgIpc) is 2.75. The number of anilines is 1. The van der Waals surface area contributed by atoms with Crippen molar-refractivity contribution in [2.45, 2.75) is 19.4 Å². The standard InChI is InChI=1S/C14H19N3S/c1-10-16-12(9-18-10)8-14(15)11-4-6-13(7-5-11)17(2)3/h4-7,9,14H,8,15H2,1-3H3. The van der Waals surface area contributed by atoms with Gasteiger partial charge in [-0.1, -0.05) is 12.1 Å². The second-order valence-corrected chi connectivity index (χ2v) is 5.72. The molecule has 3 nitrogen and oxygen atoms in total. The molecule has 2 rings (SSSR count). The molecule has 1 aromatic carbocycles. The van der Waals surface area contributed by atoms with E-state index < -0.39 is 0 Å². The highest BCUT2D eigenvalue weighted by molar-refractivity contribution is 7.09. The van der Waals surface area contributed by atoms with Crippen molar-refractivity contribution in [1.29, 1.82) is 0 Å². The summed E-state index contributed by atoms with van der Waals surface area (Å²) < 4.78 is 0. The molecule has 0 radical (unpaired) electrons. The molecule has 1 atom stereocenters. The fraction of sp³-hybridized carbons (Fsp3) is 0.357. The van der Waals surface area contributed by atoms with E-state index in [0.717, 1.165) is 22.7 Å². The third-order valence-corrected chi connectivity index (χ3v) is 3.76. The highest BCUT2D eigenvalue weighted by Gasteiger charge is 2.09. The van der Waals surface area contributed by atoms with Crippen molar-refractivity contribution in [2.75, 3.05) is 19.0 Å². The minimum atomic E-state index is 0.0164. The van der Waals surface area contributed by atoms with Crippen LogP contribution in [0, 0.1) is 6.92 Å². The zero-order chi connectivity index (χ0) is 13.1. The Labute approximate surface area is 112 Å². The number of aromatic nitrogens is 1. The Hall–Kier alpha value is -1.39. The summed E-state index contributed by atoms with van der Waals surface area (Å²) in [5, 5.41) is 3.18. The third-order valence-electron chi connectivity index (χ3n) is 2.93. The first-order valence-electron chi connectivity index (χ1n) is 6.00. The molecule has 1 aromatic heterocycles. The first-order chi connectivity index (χ1) is 8.56. The number of rotatable bonds is 4. The van der Waals surface area contributed by atoms with Crippen LogP contribution in [0.1, 0.15) is 22.3 Å². The van der Waals surface area contributed by atoms with Crippen LogP contribution in [0.15, 0.2) is 29.6 Å². The molecule has 2 aromatic rings. The van der Waals surface area contributed by atoms with Gasteiger partial charge < -0.3 is 10.6 Å². The Morgan fingerprint density at radius 1 is 1.28 bits per heavy atom. The molecule has 0 fully saturated rings. The summed E-state index contributed by atoms with van der Waals surface area (Å²) in [6, 6.07) is 8.41. The van der Waals surface area contributed by atoms with Gasteiger partial charge in [-0.05, 0) is 24.6 Å². The van der Waals surface area contributed by atoms with Gasteiger partial charge in [0.05, 0.1) is 10.7 Å². The van der Waals surface area contributed by atoms with Gasteiger partial charge in [-0.15, -0.1) is 11.3 Å². The number of nitrogens with two attached hydrogens (primary N) is 1. The highest BCUT2D eigenvalue weighted by atomic mass is 32.1. The van der Waals surface area contributed by atoms with E-state index >= 15 is 0 Å². The van der Waals surface area contributed by atoms with Crippen molar-refractivity contribution in [3.8, 4) is 0 Å². The van der Waals surface area contributed by atoms with Gasteiger partial charge in [0.15, 0.2) is 0 Å². The fourth-order valence-corrected chi connectivity index (χ4v) is 2.49. The largest absolute Gasteiger partial charge is 0.378 e. The summed E-state index contributed by atoms with van der Waals surface area (Å²) in [5.41, 5.74) is 9.65. The maximum absolute atomic E-state index is 6.21. The van der Waals surface area contributed by atoms with Crippen molar-refractivity contribution >= 4 is 17.0 Å². The average molecular weight is 261 g/mol. The Bertz CT molecular complexity index is 502. The van der Waals surface area contributed by atoms with Crippen LogP contribution < -0.4 is 10.6 Å². The van der Waals surface area contributed by atoms with E-state index in [1.165, 1.54) is 5.69 Å². The SMILES string of the molecule is Cc1nc(CC(N)c2ccc(N(C)C)cc2)cs1. The molecule has 0 aliphatic carbocycles. The van der Waals surface area contributed by atoms with E-state index in [1.54, 1.807) is 11.3 Å². The fourth-order valence-electron chi connectivity index (χ4n) is 1.86. The lowest BCUT2D eigenvalue weighted by Crippen LogP contribution is -2.14. The minimum absolute atomic E-state index is 0.0164. The van der Waals surface area contributed by atoms with Gasteiger partial charge in [-0.25, -0.2) is 4.98 Å². The molecule has 0 saturated carbocycles. The van der Waals surface area contributed by atoms with E-state index in [0.29, 0.717) is 0 Å². The molecule has 0 spiro atoms. The Morgan fingerprint density at radius 3 is 2.44 bits per heavy atom. The van der Waals surface area contributed by atoms with Gasteiger partial charge in [0.1, 0.15) is 0 Å². The Kier molecular flexibility index (Phi) is 3.99. The topological polar surface area (TPSA) is 42.1 Å². The van der Waals surface area contributed by atoms with Crippen molar-refractivity contribution in [3.05, 3.63) is 45.9 Å². The van der Waals surface area contributed by atoms with Crippen molar-refractivity contribution in [3.63, 3.8) is 0 Å². The van der Waals surface area contributed by atoms with Crippen molar-refractivity contribution in [2.24, 2.45) is 5.73 Å². The summed E-state index contributed by atoms with van der Waals surface area (Å²) in [7, 11) is 4.07. The predicted molar refractivity (Wildman–Crippen MR) is 78.3 cm³/mol. The molecule has 0 aliphatic heterocycles. The first-order valence-corrected chi connectivity index (χ1v) is 6.88. The number of nitrogens with zero attached hydrogens (tertiary/aromatic N) is 2. The van der Waals surface area contributed by atoms with Gasteiger partial charge in [-0.2, -0.15) is 0 Å². The van der Waals surface area contributed by atoms with E-state index in [2.05, 4.69) is 39.5 Å². The Morgan fingerprint density at radius 2 is 1.94 bits per heavy atom. The van der Waals surface area contributed by atoms with E-state index in [9.17, 15) is 0 Å². The molecular formula is C14H19N3S. The van der Waals surface area contributed by atoms with Gasteiger partial charge in [0, 0.05) is 37.6 Å². The van der Waals surface area contributed by atoms with Crippen LogP contribution in [-0.2, 0) is 6.42 Å². The van der Waals surface area contributed by atoms with Crippen LogP contribution in [0.25, 0.3) is 0 Å². The van der Waals surface area contributed by atoms with Gasteiger partial charge >= 0.3 is 0 Å². The first kappa shape index (κ1) is 13.1. The maximum Gasteiger partial charge on any atom is 0.0897 e. The quantitative estimate of drug-likeness (QED) is 0.920. The van der Waals surface area contributed by atoms with E-state index in [-0.39, 0.29) is 6.04 Å². The summed E-state index contributed by atoms with van der Waals surface area (Å²) in [4.78, 5) is 6.53. The smallest absolute Gasteiger partial charge is 0.0897 e. The molecule has 2 N–H and O–H groups in total. The van der Waals surface area contributed by atoms with Crippen molar-refractivity contribution in [1.82, 2.24) is 4.98 Å². The van der Waals surface area contributed by atoms with Crippen LogP contribution in [0.2, 0.25) is 0 Å². The van der Waals surface area contributed by atoms with Crippen molar-refractivity contribution < 1.29 is 0 Å². The van der Waals surface area contributed by atoms with Crippen LogP contribution in [-0.4, -0.2) is 19.1 Å². The predicted octanol–water partition coefficient (Wildman–Crippen LogP) is 2.76. The number of hydrogen-bond acceptors (Lipinski definition) is 4. The summed E-state index contributed by atoms with van der Waals surface area (Å²) in [6.45, 7) is 2.02. The molecule has 4 heteroatoms. The van der Waals surface area contributed by atoms with Crippen LogP contribution in [0.5, 0.6) is 0 Å². The second-order valence-electron chi connectivity index (χ2n) is 4.65. The summed E-state index contributed by atoms with van der Waals surface area (Å²) in [5.74, 6) is 0. The lowest BCUT2D eigenvalue weighted by atomic mass is 10.0. The highest BCUT2D eigenvalue weighted by Crippen LogP contribution is 2.20. The van der Waals surface area contributed by atoms with Crippen LogP contribution in [0.4, 0.5) is 5.69 Å². The number of aryl methyl sites for hydroxylation is 1. The zero-order valence-corrected chi connectivity index (χ0v) is 11.9. The second kappa shape index (κ2) is 5.50. The number of thiazole rings is 1. The van der Waals surface area contributed by atoms with E-state index in [1.807, 2.05) is 21.0 Å². The minimum Gasteiger partial charge on any atom is -0.378 e. The van der Waals surface area contributed by atoms with Gasteiger partial charge in [0.2, 0.25) is 0 Å².